The number of nitrogens with zero attached hydrogens (tertiary/aromatic N) is 2. The molecule has 1 saturated heterocycles. The number of hydrogen-bond donors (Lipinski definition) is 0. The molecule has 0 radical (unpaired) electrons. The first kappa shape index (κ1) is 18.8. The minimum absolute atomic E-state index is 0.106. The highest BCUT2D eigenvalue weighted by molar-refractivity contribution is 6.22. The van der Waals surface area contributed by atoms with Crippen molar-refractivity contribution in [3.63, 3.8) is 0 Å². The van der Waals surface area contributed by atoms with Crippen molar-refractivity contribution >= 4 is 23.7 Å². The molecule has 1 aromatic rings. The second-order valence-electron chi connectivity index (χ2n) is 6.78. The van der Waals surface area contributed by atoms with E-state index >= 15 is 0 Å². The molecule has 0 spiro atoms. The van der Waals surface area contributed by atoms with Crippen LogP contribution in [0.1, 0.15) is 57.3 Å². The van der Waals surface area contributed by atoms with Crippen LogP contribution < -0.4 is 0 Å². The number of benzene rings is 1. The lowest BCUT2D eigenvalue weighted by Gasteiger charge is -2.33. The Morgan fingerprint density at radius 3 is 2.67 bits per heavy atom. The fourth-order valence-corrected chi connectivity index (χ4v) is 3.47. The summed E-state index contributed by atoms with van der Waals surface area (Å²) in [5.74, 6) is -1.80. The second-order valence-corrected chi connectivity index (χ2v) is 6.78. The summed E-state index contributed by atoms with van der Waals surface area (Å²) >= 11 is 0. The minimum Gasteiger partial charge on any atom is -0.452 e. The molecule has 0 aliphatic carbocycles. The van der Waals surface area contributed by atoms with Gasteiger partial charge in [0.05, 0.1) is 16.7 Å². The minimum atomic E-state index is -0.696. The first-order valence-corrected chi connectivity index (χ1v) is 9.01. The normalized spacial score (nSPS) is 19.1. The Balaban J connectivity index is 1.67. The first-order chi connectivity index (χ1) is 12.9. The molecule has 0 N–H and O–H groups in total. The van der Waals surface area contributed by atoms with E-state index in [4.69, 9.17) is 4.74 Å². The van der Waals surface area contributed by atoms with Gasteiger partial charge in [-0.2, -0.15) is 0 Å². The Morgan fingerprint density at radius 2 is 1.96 bits per heavy atom. The van der Waals surface area contributed by atoms with Gasteiger partial charge in [-0.15, -0.1) is 6.58 Å². The molecule has 7 nitrogen and oxygen atoms in total. The summed E-state index contributed by atoms with van der Waals surface area (Å²) in [5, 5.41) is 0. The van der Waals surface area contributed by atoms with E-state index in [1.807, 2.05) is 6.92 Å². The molecule has 7 heteroatoms. The zero-order chi connectivity index (χ0) is 19.6. The van der Waals surface area contributed by atoms with Crippen molar-refractivity contribution in [3.05, 3.63) is 47.5 Å². The van der Waals surface area contributed by atoms with E-state index in [9.17, 15) is 19.2 Å². The third-order valence-corrected chi connectivity index (χ3v) is 4.97. The Bertz CT molecular complexity index is 817. The molecule has 2 aliphatic heterocycles. The van der Waals surface area contributed by atoms with Crippen molar-refractivity contribution < 1.29 is 23.9 Å². The van der Waals surface area contributed by atoms with Crippen LogP contribution in [0.4, 0.5) is 0 Å². The number of rotatable bonds is 5. The monoisotopic (exact) mass is 370 g/mol. The van der Waals surface area contributed by atoms with Gasteiger partial charge in [0.2, 0.25) is 0 Å². The molecule has 3 amide bonds. The molecule has 2 aliphatic rings. The first-order valence-electron chi connectivity index (χ1n) is 9.01. The van der Waals surface area contributed by atoms with E-state index in [1.165, 1.54) is 24.3 Å². The van der Waals surface area contributed by atoms with Crippen LogP contribution in [0.2, 0.25) is 0 Å². The van der Waals surface area contributed by atoms with Gasteiger partial charge in [0.25, 0.3) is 17.7 Å². The third-order valence-electron chi connectivity index (χ3n) is 4.97. The van der Waals surface area contributed by atoms with Crippen LogP contribution in [-0.4, -0.2) is 59.2 Å². The number of fused-ring (bicyclic) bond motifs is 1. The van der Waals surface area contributed by atoms with Crippen molar-refractivity contribution in [2.75, 3.05) is 19.7 Å². The highest BCUT2D eigenvalue weighted by atomic mass is 16.5. The van der Waals surface area contributed by atoms with Gasteiger partial charge in [0.15, 0.2) is 6.61 Å². The molecular formula is C20H22N2O5. The Hall–Kier alpha value is -2.96. The predicted octanol–water partition coefficient (Wildman–Crippen LogP) is 2.03. The van der Waals surface area contributed by atoms with E-state index in [-0.39, 0.29) is 41.8 Å². The summed E-state index contributed by atoms with van der Waals surface area (Å²) in [6, 6.07) is 4.35. The van der Waals surface area contributed by atoms with E-state index in [1.54, 1.807) is 4.90 Å². The maximum Gasteiger partial charge on any atom is 0.338 e. The van der Waals surface area contributed by atoms with Crippen molar-refractivity contribution in [1.29, 1.82) is 0 Å². The number of carbonyl (C=O) groups excluding carboxylic acids is 4. The molecule has 0 bridgehead atoms. The van der Waals surface area contributed by atoms with Crippen LogP contribution in [0, 0.1) is 0 Å². The summed E-state index contributed by atoms with van der Waals surface area (Å²) in [4.78, 5) is 51.9. The summed E-state index contributed by atoms with van der Waals surface area (Å²) in [6.45, 7) is 5.95. The average molecular weight is 370 g/mol. The highest BCUT2D eigenvalue weighted by Crippen LogP contribution is 2.24. The number of amides is 3. The smallest absolute Gasteiger partial charge is 0.338 e. The zero-order valence-electron chi connectivity index (χ0n) is 15.3. The van der Waals surface area contributed by atoms with Gasteiger partial charge in [-0.05, 0) is 44.4 Å². The zero-order valence-corrected chi connectivity index (χ0v) is 15.3. The van der Waals surface area contributed by atoms with Gasteiger partial charge in [-0.1, -0.05) is 6.08 Å². The molecule has 142 valence electrons. The van der Waals surface area contributed by atoms with Crippen LogP contribution in [0.15, 0.2) is 30.9 Å². The van der Waals surface area contributed by atoms with E-state index < -0.39 is 17.8 Å². The molecular weight excluding hydrogens is 348 g/mol. The number of hydrogen-bond acceptors (Lipinski definition) is 5. The largest absolute Gasteiger partial charge is 0.452 e. The predicted molar refractivity (Wildman–Crippen MR) is 97.3 cm³/mol. The lowest BCUT2D eigenvalue weighted by molar-refractivity contribution is -0.137. The lowest BCUT2D eigenvalue weighted by Crippen LogP contribution is -2.44. The molecule has 1 unspecified atom stereocenters. The Labute approximate surface area is 157 Å². The van der Waals surface area contributed by atoms with Crippen LogP contribution >= 0.6 is 0 Å². The Kier molecular flexibility index (Phi) is 5.39. The van der Waals surface area contributed by atoms with E-state index in [0.717, 1.165) is 24.2 Å². The molecule has 1 atom stereocenters. The van der Waals surface area contributed by atoms with E-state index in [0.29, 0.717) is 6.54 Å². The average Bonchev–Trinajstić information content (AvgIpc) is 2.91. The number of piperidine rings is 1. The maximum absolute atomic E-state index is 12.3. The van der Waals surface area contributed by atoms with Crippen LogP contribution in [-0.2, 0) is 9.53 Å². The van der Waals surface area contributed by atoms with Crippen molar-refractivity contribution in [2.24, 2.45) is 0 Å². The molecule has 1 fully saturated rings. The molecule has 1 aromatic carbocycles. The van der Waals surface area contributed by atoms with Crippen molar-refractivity contribution in [1.82, 2.24) is 9.80 Å². The maximum atomic E-state index is 12.3. The van der Waals surface area contributed by atoms with Gasteiger partial charge in [-0.3, -0.25) is 19.3 Å². The topological polar surface area (TPSA) is 84.0 Å². The standard InChI is InChI=1S/C20H22N2O5/c1-3-9-22-18(24)15-8-7-14(11-16(15)19(22)25)20(26)27-12-17(23)21-10-5-4-6-13(21)2/h3,7-8,11,13H,1,4-6,9-10,12H2,2H3. The lowest BCUT2D eigenvalue weighted by atomic mass is 10.0. The summed E-state index contributed by atoms with van der Waals surface area (Å²) in [6.07, 6.45) is 4.45. The fourth-order valence-electron chi connectivity index (χ4n) is 3.47. The number of imide groups is 1. The number of esters is 1. The third kappa shape index (κ3) is 3.63. The van der Waals surface area contributed by atoms with Gasteiger partial charge < -0.3 is 9.64 Å². The van der Waals surface area contributed by atoms with Crippen molar-refractivity contribution in [2.45, 2.75) is 32.2 Å². The van der Waals surface area contributed by atoms with Gasteiger partial charge >= 0.3 is 5.97 Å². The fraction of sp³-hybridized carbons (Fsp3) is 0.400. The molecule has 2 heterocycles. The van der Waals surface area contributed by atoms with Crippen LogP contribution in [0.25, 0.3) is 0 Å². The quantitative estimate of drug-likeness (QED) is 0.450. The highest BCUT2D eigenvalue weighted by Gasteiger charge is 2.35. The van der Waals surface area contributed by atoms with Gasteiger partial charge in [0, 0.05) is 19.1 Å². The number of ether oxygens (including phenoxy) is 1. The summed E-state index contributed by atoms with van der Waals surface area (Å²) in [7, 11) is 0. The SMILES string of the molecule is C=CCN1C(=O)c2ccc(C(=O)OCC(=O)N3CCCCC3C)cc2C1=O. The molecule has 0 saturated carbocycles. The second kappa shape index (κ2) is 7.73. The van der Waals surface area contributed by atoms with Gasteiger partial charge in [0.1, 0.15) is 0 Å². The number of carbonyl (C=O) groups is 4. The molecule has 0 aromatic heterocycles. The molecule has 3 rings (SSSR count). The van der Waals surface area contributed by atoms with Crippen LogP contribution in [0.3, 0.4) is 0 Å². The number of likely N-dealkylation sites (tertiary alicyclic amines) is 1. The van der Waals surface area contributed by atoms with Crippen LogP contribution in [0.5, 0.6) is 0 Å². The summed E-state index contributed by atoms with van der Waals surface area (Å²) < 4.78 is 5.13. The Morgan fingerprint density at radius 1 is 1.22 bits per heavy atom. The molecule has 27 heavy (non-hydrogen) atoms. The summed E-state index contributed by atoms with van der Waals surface area (Å²) in [5.41, 5.74) is 0.541. The van der Waals surface area contributed by atoms with Crippen molar-refractivity contribution in [3.8, 4) is 0 Å². The van der Waals surface area contributed by atoms with Gasteiger partial charge in [-0.25, -0.2) is 4.79 Å². The van der Waals surface area contributed by atoms with E-state index in [2.05, 4.69) is 6.58 Å².